The maximum absolute atomic E-state index is 13.9. The van der Waals surface area contributed by atoms with Crippen LogP contribution in [0.25, 0.3) is 0 Å². The van der Waals surface area contributed by atoms with E-state index >= 15 is 0 Å². The first-order chi connectivity index (χ1) is 11.0. The van der Waals surface area contributed by atoms with Gasteiger partial charge in [0.2, 0.25) is 0 Å². The third kappa shape index (κ3) is 4.56. The lowest BCUT2D eigenvalue weighted by Gasteiger charge is -2.15. The van der Waals surface area contributed by atoms with E-state index in [4.69, 9.17) is 0 Å². The first kappa shape index (κ1) is 17.5. The van der Waals surface area contributed by atoms with E-state index in [-0.39, 0.29) is 17.8 Å². The Kier molecular flexibility index (Phi) is 6.19. The van der Waals surface area contributed by atoms with E-state index in [0.717, 1.165) is 11.1 Å². The number of rotatable bonds is 6. The highest BCUT2D eigenvalue weighted by Gasteiger charge is 2.09. The number of halogens is 1. The Bertz CT molecular complexity index is 690. The SMILES string of the molecule is CNC(=O)c1cccc(CNC(C)c2ccc(SC)c(F)c2)c1. The molecule has 0 heterocycles. The lowest BCUT2D eigenvalue weighted by atomic mass is 10.1. The summed E-state index contributed by atoms with van der Waals surface area (Å²) in [5.41, 5.74) is 2.55. The van der Waals surface area contributed by atoms with Crippen molar-refractivity contribution >= 4 is 17.7 Å². The van der Waals surface area contributed by atoms with Crippen molar-refractivity contribution in [3.63, 3.8) is 0 Å². The number of nitrogens with one attached hydrogen (secondary N) is 2. The zero-order valence-corrected chi connectivity index (χ0v) is 14.3. The van der Waals surface area contributed by atoms with Crippen LogP contribution < -0.4 is 10.6 Å². The van der Waals surface area contributed by atoms with Gasteiger partial charge in [0.05, 0.1) is 0 Å². The maximum Gasteiger partial charge on any atom is 0.251 e. The van der Waals surface area contributed by atoms with Crippen molar-refractivity contribution in [2.45, 2.75) is 24.4 Å². The number of hydrogen-bond donors (Lipinski definition) is 2. The summed E-state index contributed by atoms with van der Waals surface area (Å²) in [7, 11) is 1.61. The Labute approximate surface area is 140 Å². The summed E-state index contributed by atoms with van der Waals surface area (Å²) in [5, 5.41) is 5.97. The van der Waals surface area contributed by atoms with Gasteiger partial charge >= 0.3 is 0 Å². The number of hydrogen-bond acceptors (Lipinski definition) is 3. The number of carbonyl (C=O) groups excluding carboxylic acids is 1. The Morgan fingerprint density at radius 2 is 2.04 bits per heavy atom. The van der Waals surface area contributed by atoms with Gasteiger partial charge in [0.25, 0.3) is 5.91 Å². The molecule has 0 bridgehead atoms. The predicted molar refractivity (Wildman–Crippen MR) is 93.3 cm³/mol. The van der Waals surface area contributed by atoms with E-state index in [0.29, 0.717) is 17.0 Å². The molecule has 0 saturated carbocycles. The summed E-state index contributed by atoms with van der Waals surface area (Å²) >= 11 is 1.40. The van der Waals surface area contributed by atoms with Gasteiger partial charge in [0.1, 0.15) is 5.82 Å². The molecule has 0 aliphatic rings. The first-order valence-corrected chi connectivity index (χ1v) is 8.65. The van der Waals surface area contributed by atoms with Crippen molar-refractivity contribution in [3.05, 3.63) is 65.0 Å². The van der Waals surface area contributed by atoms with E-state index in [1.54, 1.807) is 25.2 Å². The molecular weight excluding hydrogens is 311 g/mol. The molecule has 0 fully saturated rings. The Morgan fingerprint density at radius 3 is 2.70 bits per heavy atom. The zero-order chi connectivity index (χ0) is 16.8. The molecule has 2 aromatic carbocycles. The highest BCUT2D eigenvalue weighted by Crippen LogP contribution is 2.23. The second-order valence-electron chi connectivity index (χ2n) is 5.28. The summed E-state index contributed by atoms with van der Waals surface area (Å²) < 4.78 is 13.9. The fourth-order valence-electron chi connectivity index (χ4n) is 2.31. The first-order valence-electron chi connectivity index (χ1n) is 7.43. The molecule has 122 valence electrons. The molecule has 23 heavy (non-hydrogen) atoms. The molecule has 0 aliphatic carbocycles. The molecule has 0 radical (unpaired) electrons. The van der Waals surface area contributed by atoms with E-state index in [9.17, 15) is 9.18 Å². The van der Waals surface area contributed by atoms with Gasteiger partial charge in [0.15, 0.2) is 0 Å². The highest BCUT2D eigenvalue weighted by atomic mass is 32.2. The van der Waals surface area contributed by atoms with Crippen LogP contribution in [0.3, 0.4) is 0 Å². The summed E-state index contributed by atoms with van der Waals surface area (Å²) in [4.78, 5) is 12.3. The van der Waals surface area contributed by atoms with Gasteiger partial charge < -0.3 is 10.6 Å². The maximum atomic E-state index is 13.9. The van der Waals surface area contributed by atoms with E-state index in [1.807, 2.05) is 37.4 Å². The monoisotopic (exact) mass is 332 g/mol. The smallest absolute Gasteiger partial charge is 0.251 e. The van der Waals surface area contributed by atoms with Crippen LogP contribution in [0.15, 0.2) is 47.4 Å². The third-order valence-corrected chi connectivity index (χ3v) is 4.48. The number of benzene rings is 2. The van der Waals surface area contributed by atoms with Crippen molar-refractivity contribution < 1.29 is 9.18 Å². The molecule has 0 aliphatic heterocycles. The molecule has 2 N–H and O–H groups in total. The van der Waals surface area contributed by atoms with Gasteiger partial charge in [-0.3, -0.25) is 4.79 Å². The van der Waals surface area contributed by atoms with Gasteiger partial charge in [-0.15, -0.1) is 11.8 Å². The molecule has 1 amide bonds. The van der Waals surface area contributed by atoms with Gasteiger partial charge in [-0.25, -0.2) is 4.39 Å². The molecule has 5 heteroatoms. The molecule has 1 unspecified atom stereocenters. The summed E-state index contributed by atoms with van der Waals surface area (Å²) in [6.45, 7) is 2.61. The number of thioether (sulfide) groups is 1. The van der Waals surface area contributed by atoms with E-state index in [1.165, 1.54) is 11.8 Å². The minimum Gasteiger partial charge on any atom is -0.355 e. The minimum absolute atomic E-state index is 0.0177. The molecule has 0 aromatic heterocycles. The summed E-state index contributed by atoms with van der Waals surface area (Å²) in [6.07, 6.45) is 1.86. The quantitative estimate of drug-likeness (QED) is 0.792. The summed E-state index contributed by atoms with van der Waals surface area (Å²) in [6, 6.07) is 12.8. The molecular formula is C18H21FN2OS. The molecule has 1 atom stereocenters. The second kappa shape index (κ2) is 8.13. The van der Waals surface area contributed by atoms with Crippen LogP contribution in [0.5, 0.6) is 0 Å². The largest absolute Gasteiger partial charge is 0.355 e. The van der Waals surface area contributed by atoms with Gasteiger partial charge in [0, 0.05) is 30.1 Å². The lowest BCUT2D eigenvalue weighted by Crippen LogP contribution is -2.20. The minimum atomic E-state index is -0.190. The van der Waals surface area contributed by atoms with Crippen molar-refractivity contribution in [1.82, 2.24) is 10.6 Å². The Morgan fingerprint density at radius 1 is 1.26 bits per heavy atom. The van der Waals surface area contributed by atoms with E-state index in [2.05, 4.69) is 10.6 Å². The topological polar surface area (TPSA) is 41.1 Å². The molecule has 3 nitrogen and oxygen atoms in total. The van der Waals surface area contributed by atoms with Crippen LogP contribution in [0.2, 0.25) is 0 Å². The lowest BCUT2D eigenvalue weighted by molar-refractivity contribution is 0.0963. The van der Waals surface area contributed by atoms with Crippen LogP contribution in [0, 0.1) is 5.82 Å². The highest BCUT2D eigenvalue weighted by molar-refractivity contribution is 7.98. The number of carbonyl (C=O) groups is 1. The molecule has 2 rings (SSSR count). The average molecular weight is 332 g/mol. The molecule has 2 aromatic rings. The van der Waals surface area contributed by atoms with Gasteiger partial charge in [-0.05, 0) is 48.6 Å². The van der Waals surface area contributed by atoms with Crippen molar-refractivity contribution in [2.75, 3.05) is 13.3 Å². The fraction of sp³-hybridized carbons (Fsp3) is 0.278. The van der Waals surface area contributed by atoms with Crippen molar-refractivity contribution in [2.24, 2.45) is 0 Å². The van der Waals surface area contributed by atoms with Crippen LogP contribution in [-0.4, -0.2) is 19.2 Å². The fourth-order valence-corrected chi connectivity index (χ4v) is 2.77. The average Bonchev–Trinajstić information content (AvgIpc) is 2.59. The molecule has 0 saturated heterocycles. The Hall–Kier alpha value is -1.85. The second-order valence-corrected chi connectivity index (χ2v) is 6.12. The number of amides is 1. The van der Waals surface area contributed by atoms with Crippen LogP contribution in [0.1, 0.15) is 34.5 Å². The standard InChI is InChI=1S/C18H21FN2OS/c1-12(14-7-8-17(23-3)16(19)10-14)21-11-13-5-4-6-15(9-13)18(22)20-2/h4-10,12,21H,11H2,1-3H3,(H,20,22). The zero-order valence-electron chi connectivity index (χ0n) is 13.5. The van der Waals surface area contributed by atoms with Crippen LogP contribution in [-0.2, 0) is 6.54 Å². The Balaban J connectivity index is 2.03. The van der Waals surface area contributed by atoms with Crippen molar-refractivity contribution in [3.8, 4) is 0 Å². The van der Waals surface area contributed by atoms with Crippen molar-refractivity contribution in [1.29, 1.82) is 0 Å². The van der Waals surface area contributed by atoms with Gasteiger partial charge in [-0.2, -0.15) is 0 Å². The predicted octanol–water partition coefficient (Wildman–Crippen LogP) is 3.76. The third-order valence-electron chi connectivity index (χ3n) is 3.70. The normalized spacial score (nSPS) is 12.0. The summed E-state index contributed by atoms with van der Waals surface area (Å²) in [5.74, 6) is -0.292. The van der Waals surface area contributed by atoms with Crippen LogP contribution in [0.4, 0.5) is 4.39 Å². The molecule has 0 spiro atoms. The van der Waals surface area contributed by atoms with Crippen LogP contribution >= 0.6 is 11.8 Å². The van der Waals surface area contributed by atoms with E-state index < -0.39 is 0 Å². The van der Waals surface area contributed by atoms with Gasteiger partial charge in [-0.1, -0.05) is 18.2 Å².